The molecule has 1 saturated heterocycles. The molecule has 0 spiro atoms. The minimum Gasteiger partial charge on any atom is -0.377 e. The van der Waals surface area contributed by atoms with Gasteiger partial charge in [-0.05, 0) is 24.8 Å². The number of aromatic amines is 1. The Labute approximate surface area is 138 Å². The summed E-state index contributed by atoms with van der Waals surface area (Å²) in [6.07, 6.45) is 3.43. The van der Waals surface area contributed by atoms with Gasteiger partial charge in [-0.2, -0.15) is 5.10 Å². The summed E-state index contributed by atoms with van der Waals surface area (Å²) in [6.45, 7) is 3.42. The van der Waals surface area contributed by atoms with Crippen LogP contribution in [-0.2, 0) is 4.74 Å². The highest BCUT2D eigenvalue weighted by Crippen LogP contribution is 2.30. The summed E-state index contributed by atoms with van der Waals surface area (Å²) in [5.41, 5.74) is 1.89. The number of rotatable bonds is 3. The number of urea groups is 1. The highest BCUT2D eigenvalue weighted by molar-refractivity contribution is 7.98. The molecule has 23 heavy (non-hydrogen) atoms. The van der Waals surface area contributed by atoms with Crippen LogP contribution < -0.4 is 5.32 Å². The van der Waals surface area contributed by atoms with Crippen LogP contribution in [0.15, 0.2) is 29.4 Å². The number of nitrogens with one attached hydrogen (secondary N) is 2. The topological polar surface area (TPSA) is 83.1 Å². The molecular weight excluding hydrogens is 314 g/mol. The Morgan fingerprint density at radius 2 is 2.39 bits per heavy atom. The minimum absolute atomic E-state index is 0.153. The fraction of sp³-hybridized carbons (Fsp3) is 0.400. The zero-order chi connectivity index (χ0) is 16.2. The van der Waals surface area contributed by atoms with Gasteiger partial charge in [0.15, 0.2) is 0 Å². The molecule has 1 aromatic carbocycles. The molecule has 1 aromatic heterocycles. The van der Waals surface area contributed by atoms with E-state index in [0.717, 1.165) is 16.1 Å². The zero-order valence-electron chi connectivity index (χ0n) is 13.1. The summed E-state index contributed by atoms with van der Waals surface area (Å²) >= 11 is 1.61. The van der Waals surface area contributed by atoms with Crippen LogP contribution in [0.2, 0.25) is 0 Å². The van der Waals surface area contributed by atoms with E-state index in [1.54, 1.807) is 16.7 Å². The van der Waals surface area contributed by atoms with E-state index in [2.05, 4.69) is 20.5 Å². The van der Waals surface area contributed by atoms with Crippen LogP contribution in [0.5, 0.6) is 0 Å². The van der Waals surface area contributed by atoms with Crippen LogP contribution in [0.3, 0.4) is 0 Å². The summed E-state index contributed by atoms with van der Waals surface area (Å²) < 4.78 is 5.49. The second-order valence-corrected chi connectivity index (χ2v) is 6.09. The Balaban J connectivity index is 1.82. The van der Waals surface area contributed by atoms with Crippen molar-refractivity contribution in [1.82, 2.24) is 20.1 Å². The maximum Gasteiger partial charge on any atom is 0.322 e. The van der Waals surface area contributed by atoms with Crippen LogP contribution in [0.4, 0.5) is 10.5 Å². The largest absolute Gasteiger partial charge is 0.377 e. The van der Waals surface area contributed by atoms with E-state index < -0.39 is 0 Å². The average molecular weight is 333 g/mol. The number of amides is 2. The normalized spacial score (nSPS) is 18.0. The van der Waals surface area contributed by atoms with E-state index >= 15 is 0 Å². The number of H-pyrrole nitrogens is 1. The van der Waals surface area contributed by atoms with Crippen LogP contribution >= 0.6 is 11.8 Å². The van der Waals surface area contributed by atoms with Crippen molar-refractivity contribution in [3.05, 3.63) is 35.9 Å². The van der Waals surface area contributed by atoms with E-state index in [1.165, 1.54) is 6.33 Å². The number of benzene rings is 1. The lowest BCUT2D eigenvalue weighted by atomic mass is 10.2. The maximum atomic E-state index is 12.8. The summed E-state index contributed by atoms with van der Waals surface area (Å²) in [6, 6.07) is 5.57. The fourth-order valence-corrected chi connectivity index (χ4v) is 3.23. The van der Waals surface area contributed by atoms with Gasteiger partial charge in [-0.25, -0.2) is 9.78 Å². The molecule has 7 nitrogen and oxygen atoms in total. The highest BCUT2D eigenvalue weighted by atomic mass is 32.2. The molecule has 2 N–H and O–H groups in total. The first-order valence-electron chi connectivity index (χ1n) is 7.35. The lowest BCUT2D eigenvalue weighted by Gasteiger charge is -2.34. The second-order valence-electron chi connectivity index (χ2n) is 5.24. The summed E-state index contributed by atoms with van der Waals surface area (Å²) in [4.78, 5) is 19.7. The van der Waals surface area contributed by atoms with Gasteiger partial charge >= 0.3 is 6.03 Å². The molecule has 0 aliphatic carbocycles. The number of thioether (sulfide) groups is 1. The Morgan fingerprint density at radius 3 is 3.13 bits per heavy atom. The predicted octanol–water partition coefficient (Wildman–Crippen LogP) is 2.44. The number of hydrogen-bond donors (Lipinski definition) is 2. The van der Waals surface area contributed by atoms with Crippen molar-refractivity contribution in [2.45, 2.75) is 17.9 Å². The van der Waals surface area contributed by atoms with Crippen molar-refractivity contribution in [2.24, 2.45) is 0 Å². The van der Waals surface area contributed by atoms with Crippen molar-refractivity contribution in [1.29, 1.82) is 0 Å². The minimum atomic E-state index is -0.256. The first-order valence-corrected chi connectivity index (χ1v) is 8.57. The molecule has 0 radical (unpaired) electrons. The molecule has 1 unspecified atom stereocenters. The smallest absolute Gasteiger partial charge is 0.322 e. The average Bonchev–Trinajstić information content (AvgIpc) is 3.11. The third-order valence-electron chi connectivity index (χ3n) is 3.83. The third-order valence-corrected chi connectivity index (χ3v) is 4.61. The summed E-state index contributed by atoms with van der Waals surface area (Å²) in [5, 5.41) is 9.73. The molecule has 1 aliphatic rings. The molecule has 1 fully saturated rings. The van der Waals surface area contributed by atoms with Gasteiger partial charge in [0.2, 0.25) is 0 Å². The SMILES string of the molecule is CSc1cccc(C)c1NC(=O)N1CCOCC1c1ncn[nH]1. The number of nitrogens with zero attached hydrogens (tertiary/aromatic N) is 3. The van der Waals surface area contributed by atoms with E-state index in [1.807, 2.05) is 31.4 Å². The van der Waals surface area contributed by atoms with Gasteiger partial charge in [0.25, 0.3) is 0 Å². The first kappa shape index (κ1) is 15.8. The number of aromatic nitrogens is 3. The van der Waals surface area contributed by atoms with Crippen molar-refractivity contribution in [3.8, 4) is 0 Å². The molecule has 2 aromatic rings. The molecule has 3 rings (SSSR count). The Kier molecular flexibility index (Phi) is 4.82. The molecular formula is C15H19N5O2S. The monoisotopic (exact) mass is 333 g/mol. The molecule has 1 aliphatic heterocycles. The number of carbonyl (C=O) groups excluding carboxylic acids is 1. The van der Waals surface area contributed by atoms with Gasteiger partial charge in [-0.15, -0.1) is 11.8 Å². The molecule has 8 heteroatoms. The predicted molar refractivity (Wildman–Crippen MR) is 88.6 cm³/mol. The number of para-hydroxylation sites is 1. The lowest BCUT2D eigenvalue weighted by Crippen LogP contribution is -2.46. The standard InChI is InChI=1S/C15H19N5O2S/c1-10-4-3-5-12(23-2)13(10)18-15(21)20-6-7-22-8-11(20)14-16-9-17-19-14/h3-5,9,11H,6-8H2,1-2H3,(H,18,21)(H,16,17,19). The number of ether oxygens (including phenoxy) is 1. The molecule has 1 atom stereocenters. The third kappa shape index (κ3) is 3.32. The van der Waals surface area contributed by atoms with Gasteiger partial charge in [0.05, 0.1) is 18.9 Å². The highest BCUT2D eigenvalue weighted by Gasteiger charge is 2.31. The first-order chi connectivity index (χ1) is 11.2. The molecule has 2 amide bonds. The number of aryl methyl sites for hydroxylation is 1. The summed E-state index contributed by atoms with van der Waals surface area (Å²) in [5.74, 6) is 0.634. The Morgan fingerprint density at radius 1 is 1.52 bits per heavy atom. The van der Waals surface area contributed by atoms with Gasteiger partial charge < -0.3 is 15.0 Å². The van der Waals surface area contributed by atoms with Gasteiger partial charge in [-0.1, -0.05) is 12.1 Å². The van der Waals surface area contributed by atoms with E-state index in [-0.39, 0.29) is 12.1 Å². The fourth-order valence-electron chi connectivity index (χ4n) is 2.60. The molecule has 122 valence electrons. The Hall–Kier alpha value is -2.06. The van der Waals surface area contributed by atoms with Gasteiger partial charge in [-0.3, -0.25) is 5.10 Å². The van der Waals surface area contributed by atoms with Gasteiger partial charge in [0.1, 0.15) is 18.2 Å². The maximum absolute atomic E-state index is 12.8. The summed E-state index contributed by atoms with van der Waals surface area (Å²) in [7, 11) is 0. The van der Waals surface area contributed by atoms with Crippen LogP contribution in [0.1, 0.15) is 17.4 Å². The van der Waals surface area contributed by atoms with Crippen LogP contribution in [0.25, 0.3) is 0 Å². The van der Waals surface area contributed by atoms with E-state index in [4.69, 9.17) is 4.74 Å². The number of carbonyl (C=O) groups is 1. The van der Waals surface area contributed by atoms with Crippen molar-refractivity contribution < 1.29 is 9.53 Å². The zero-order valence-corrected chi connectivity index (χ0v) is 13.9. The molecule has 0 saturated carbocycles. The van der Waals surface area contributed by atoms with Crippen LogP contribution in [0, 0.1) is 6.92 Å². The number of morpholine rings is 1. The van der Waals surface area contributed by atoms with Crippen LogP contribution in [-0.4, -0.2) is 52.1 Å². The molecule has 0 bridgehead atoms. The number of hydrogen-bond acceptors (Lipinski definition) is 5. The van der Waals surface area contributed by atoms with Crippen molar-refractivity contribution >= 4 is 23.5 Å². The quantitative estimate of drug-likeness (QED) is 0.843. The lowest BCUT2D eigenvalue weighted by molar-refractivity contribution is 0.0118. The van der Waals surface area contributed by atoms with Gasteiger partial charge in [0, 0.05) is 11.4 Å². The van der Waals surface area contributed by atoms with E-state index in [0.29, 0.717) is 25.6 Å². The second kappa shape index (κ2) is 7.01. The Bertz CT molecular complexity index is 677. The molecule has 2 heterocycles. The van der Waals surface area contributed by atoms with Crippen molar-refractivity contribution in [2.75, 3.05) is 31.3 Å². The van der Waals surface area contributed by atoms with Crippen molar-refractivity contribution in [3.63, 3.8) is 0 Å². The van der Waals surface area contributed by atoms with E-state index in [9.17, 15) is 4.79 Å². The number of anilines is 1.